The molecule has 2 saturated carbocycles. The van der Waals surface area contributed by atoms with Crippen LogP contribution in [-0.2, 0) is 0 Å². The van der Waals surface area contributed by atoms with Gasteiger partial charge in [0, 0.05) is 0 Å². The first-order valence-corrected chi connectivity index (χ1v) is 12.9. The quantitative estimate of drug-likeness (QED) is 0.460. The molecule has 8 unspecified atom stereocenters. The van der Waals surface area contributed by atoms with Crippen molar-refractivity contribution in [2.45, 2.75) is 99.0 Å². The summed E-state index contributed by atoms with van der Waals surface area (Å²) in [6, 6.07) is 0. The summed E-state index contributed by atoms with van der Waals surface area (Å²) in [5.74, 6) is 4.37. The van der Waals surface area contributed by atoms with Gasteiger partial charge in [-0.15, -0.1) is 0 Å². The van der Waals surface area contributed by atoms with E-state index < -0.39 is 0 Å². The first-order chi connectivity index (χ1) is 14.1. The molecule has 0 saturated heterocycles. The van der Waals surface area contributed by atoms with Crippen LogP contribution in [0.4, 0.5) is 0 Å². The summed E-state index contributed by atoms with van der Waals surface area (Å²) < 4.78 is 0. The number of rotatable bonds is 5. The number of hydrogen-bond donors (Lipinski definition) is 1. The van der Waals surface area contributed by atoms with E-state index in [-0.39, 0.29) is 6.10 Å². The summed E-state index contributed by atoms with van der Waals surface area (Å²) in [7, 11) is 0. The molecule has 0 aromatic heterocycles. The van der Waals surface area contributed by atoms with Gasteiger partial charge in [-0.3, -0.25) is 0 Å². The van der Waals surface area contributed by atoms with Gasteiger partial charge in [0.1, 0.15) is 0 Å². The van der Waals surface area contributed by atoms with Gasteiger partial charge in [-0.2, -0.15) is 0 Å². The van der Waals surface area contributed by atoms with Gasteiger partial charge < -0.3 is 5.11 Å². The minimum absolute atomic E-state index is 0.281. The number of aliphatic hydroxyl groups excluding tert-OH is 1. The highest BCUT2D eigenvalue weighted by molar-refractivity contribution is 5.47. The minimum atomic E-state index is -0.281. The second kappa shape index (κ2) is 7.95. The van der Waals surface area contributed by atoms with Gasteiger partial charge in [-0.05, 0) is 102 Å². The highest BCUT2D eigenvalue weighted by Gasteiger charge is 2.56. The molecule has 0 aliphatic heterocycles. The Morgan fingerprint density at radius 3 is 2.43 bits per heavy atom. The average molecular weight is 411 g/mol. The van der Waals surface area contributed by atoms with Crippen LogP contribution in [0.1, 0.15) is 92.9 Å². The molecule has 2 fully saturated rings. The zero-order valence-electron chi connectivity index (χ0n) is 20.5. The first kappa shape index (κ1) is 22.4. The maximum absolute atomic E-state index is 10.4. The summed E-state index contributed by atoms with van der Waals surface area (Å²) >= 11 is 0. The molecule has 1 heteroatoms. The lowest BCUT2D eigenvalue weighted by molar-refractivity contribution is 0.0148. The van der Waals surface area contributed by atoms with Gasteiger partial charge in [0.15, 0.2) is 0 Å². The Labute approximate surface area is 186 Å². The molecule has 1 nitrogen and oxygen atoms in total. The first-order valence-electron chi connectivity index (χ1n) is 12.9. The summed E-state index contributed by atoms with van der Waals surface area (Å²) in [5, 5.41) is 10.4. The minimum Gasteiger partial charge on any atom is -0.389 e. The fourth-order valence-electron chi connectivity index (χ4n) is 7.90. The summed E-state index contributed by atoms with van der Waals surface area (Å²) in [5.41, 5.74) is 5.18. The Hall–Kier alpha value is -0.820. The van der Waals surface area contributed by atoms with Crippen molar-refractivity contribution in [2.24, 2.45) is 46.3 Å². The Morgan fingerprint density at radius 1 is 1.00 bits per heavy atom. The van der Waals surface area contributed by atoms with E-state index in [1.54, 1.807) is 11.1 Å². The van der Waals surface area contributed by atoms with Crippen molar-refractivity contribution in [3.8, 4) is 0 Å². The predicted octanol–water partition coefficient (Wildman–Crippen LogP) is 7.72. The van der Waals surface area contributed by atoms with E-state index in [1.165, 1.54) is 32.1 Å². The van der Waals surface area contributed by atoms with Crippen LogP contribution in [0.5, 0.6) is 0 Å². The molecular weight excluding hydrogens is 364 g/mol. The van der Waals surface area contributed by atoms with E-state index in [2.05, 4.69) is 60.3 Å². The summed E-state index contributed by atoms with van der Waals surface area (Å²) in [6.07, 6.45) is 14.7. The molecule has 0 heterocycles. The average Bonchev–Trinajstić information content (AvgIpc) is 3.06. The van der Waals surface area contributed by atoms with Crippen molar-refractivity contribution in [3.63, 3.8) is 0 Å². The van der Waals surface area contributed by atoms with Gasteiger partial charge >= 0.3 is 0 Å². The number of hydrogen-bond acceptors (Lipinski definition) is 1. The van der Waals surface area contributed by atoms with Crippen molar-refractivity contribution in [2.75, 3.05) is 0 Å². The molecule has 168 valence electrons. The fraction of sp³-hybridized carbons (Fsp3) is 0.793. The van der Waals surface area contributed by atoms with Crippen molar-refractivity contribution < 1.29 is 5.11 Å². The zero-order chi connectivity index (χ0) is 21.8. The largest absolute Gasteiger partial charge is 0.389 e. The smallest absolute Gasteiger partial charge is 0.0750 e. The van der Waals surface area contributed by atoms with Crippen LogP contribution < -0.4 is 0 Å². The maximum Gasteiger partial charge on any atom is 0.0750 e. The normalized spacial score (nSPS) is 42.7. The third-order valence-corrected chi connectivity index (χ3v) is 10.5. The third kappa shape index (κ3) is 3.39. The molecule has 0 aromatic rings. The van der Waals surface area contributed by atoms with Gasteiger partial charge in [-0.25, -0.2) is 0 Å². The van der Waals surface area contributed by atoms with E-state index in [1.807, 2.05) is 0 Å². The van der Waals surface area contributed by atoms with Gasteiger partial charge in [-0.1, -0.05) is 73.1 Å². The summed E-state index contributed by atoms with van der Waals surface area (Å²) in [4.78, 5) is 0. The van der Waals surface area contributed by atoms with Crippen LogP contribution in [0.25, 0.3) is 0 Å². The van der Waals surface area contributed by atoms with E-state index in [9.17, 15) is 5.11 Å². The molecule has 30 heavy (non-hydrogen) atoms. The molecule has 4 rings (SSSR count). The lowest BCUT2D eigenvalue weighted by atomic mass is 9.48. The molecule has 0 radical (unpaired) electrons. The molecule has 0 spiro atoms. The molecular formula is C29H46O. The summed E-state index contributed by atoms with van der Waals surface area (Å²) in [6.45, 7) is 19.1. The van der Waals surface area contributed by atoms with E-state index in [0.29, 0.717) is 22.7 Å². The Kier molecular flexibility index (Phi) is 5.93. The number of aliphatic hydroxyl groups is 1. The zero-order valence-corrected chi connectivity index (χ0v) is 20.5. The lowest BCUT2D eigenvalue weighted by Gasteiger charge is -2.57. The van der Waals surface area contributed by atoms with Crippen LogP contribution in [0, 0.1) is 46.3 Å². The number of fused-ring (bicyclic) bond motifs is 5. The van der Waals surface area contributed by atoms with Crippen molar-refractivity contribution >= 4 is 0 Å². The second-order valence-corrected chi connectivity index (χ2v) is 12.3. The third-order valence-electron chi connectivity index (χ3n) is 10.5. The molecule has 4 aliphatic carbocycles. The van der Waals surface area contributed by atoms with E-state index >= 15 is 0 Å². The lowest BCUT2D eigenvalue weighted by Crippen LogP contribution is -2.49. The molecule has 1 N–H and O–H groups in total. The molecule has 4 aliphatic rings. The van der Waals surface area contributed by atoms with Gasteiger partial charge in [0.05, 0.1) is 6.10 Å². The Morgan fingerprint density at radius 2 is 1.73 bits per heavy atom. The molecule has 8 atom stereocenters. The van der Waals surface area contributed by atoms with Crippen molar-refractivity contribution in [1.29, 1.82) is 0 Å². The van der Waals surface area contributed by atoms with Gasteiger partial charge in [0.2, 0.25) is 0 Å². The SMILES string of the molecule is C=C1C(O)CCC2(C)C1CC=C1C3=CCC(C(C)CCC(C)C(C)C)C3(C)CCC12. The second-order valence-electron chi connectivity index (χ2n) is 12.3. The van der Waals surface area contributed by atoms with E-state index in [0.717, 1.165) is 48.5 Å². The van der Waals surface area contributed by atoms with Crippen molar-refractivity contribution in [3.05, 3.63) is 35.5 Å². The van der Waals surface area contributed by atoms with E-state index in [4.69, 9.17) is 0 Å². The van der Waals surface area contributed by atoms with Gasteiger partial charge in [0.25, 0.3) is 0 Å². The Balaban J connectivity index is 1.53. The van der Waals surface area contributed by atoms with Crippen LogP contribution in [0.15, 0.2) is 35.5 Å². The standard InChI is InChI=1S/C29H46O/c1-18(2)19(3)8-9-20(4)23-12-13-25-22-10-11-24-21(5)27(30)15-17-29(24,7)26(22)14-16-28(23,25)6/h10,13,18-20,23-24,26-27,30H,5,8-9,11-12,14-17H2,1-4,6-7H3. The molecule has 0 amide bonds. The predicted molar refractivity (Wildman–Crippen MR) is 128 cm³/mol. The monoisotopic (exact) mass is 410 g/mol. The topological polar surface area (TPSA) is 20.2 Å². The van der Waals surface area contributed by atoms with Crippen LogP contribution in [-0.4, -0.2) is 11.2 Å². The Bertz CT molecular complexity index is 741. The molecule has 0 bridgehead atoms. The van der Waals surface area contributed by atoms with Crippen molar-refractivity contribution in [1.82, 2.24) is 0 Å². The highest BCUT2D eigenvalue weighted by atomic mass is 16.3. The van der Waals surface area contributed by atoms with Crippen LogP contribution >= 0.6 is 0 Å². The van der Waals surface area contributed by atoms with Crippen LogP contribution in [0.2, 0.25) is 0 Å². The highest BCUT2D eigenvalue weighted by Crippen LogP contribution is 2.65. The fourth-order valence-corrected chi connectivity index (χ4v) is 7.90. The van der Waals surface area contributed by atoms with Crippen LogP contribution in [0.3, 0.4) is 0 Å². The maximum atomic E-state index is 10.4. The number of allylic oxidation sites excluding steroid dienone is 4. The molecule has 0 aromatic carbocycles.